The predicted octanol–water partition coefficient (Wildman–Crippen LogP) is 6.20. The molecule has 0 radical (unpaired) electrons. The summed E-state index contributed by atoms with van der Waals surface area (Å²) in [6, 6.07) is 8.53. The molecule has 1 aromatic heterocycles. The number of aryl methyl sites for hydroxylation is 3. The molecule has 0 aliphatic carbocycles. The quantitative estimate of drug-likeness (QED) is 0.435. The van der Waals surface area contributed by atoms with Gasteiger partial charge >= 0.3 is 12.1 Å². The highest BCUT2D eigenvalue weighted by Crippen LogP contribution is 2.37. The van der Waals surface area contributed by atoms with Gasteiger partial charge in [0.1, 0.15) is 5.75 Å². The Balaban J connectivity index is 1.73. The number of halogens is 3. The molecule has 0 fully saturated rings. The van der Waals surface area contributed by atoms with E-state index < -0.39 is 23.8 Å². The fourth-order valence-electron chi connectivity index (χ4n) is 3.26. The van der Waals surface area contributed by atoms with Crippen molar-refractivity contribution < 1.29 is 32.6 Å². The minimum atomic E-state index is -4.39. The van der Waals surface area contributed by atoms with Crippen molar-refractivity contribution >= 4 is 33.2 Å². The summed E-state index contributed by atoms with van der Waals surface area (Å²) < 4.78 is 44.8. The van der Waals surface area contributed by atoms with Crippen LogP contribution in [0.5, 0.6) is 5.75 Å². The molecular weight excluding hydrogens is 429 g/mol. The number of carbonyl (C=O) groups is 2. The van der Waals surface area contributed by atoms with Gasteiger partial charge in [-0.1, -0.05) is 6.07 Å². The van der Waals surface area contributed by atoms with E-state index in [0.717, 1.165) is 28.0 Å². The van der Waals surface area contributed by atoms with Gasteiger partial charge in [-0.3, -0.25) is 4.79 Å². The van der Waals surface area contributed by atoms with Crippen LogP contribution >= 0.6 is 11.3 Å². The molecule has 1 heterocycles. The zero-order valence-electron chi connectivity index (χ0n) is 17.2. The highest BCUT2D eigenvalue weighted by atomic mass is 32.1. The lowest BCUT2D eigenvalue weighted by Gasteiger charge is -2.13. The number of benzene rings is 2. The number of ether oxygens (including phenoxy) is 1. The van der Waals surface area contributed by atoms with Gasteiger partial charge < -0.3 is 9.84 Å². The Morgan fingerprint density at radius 2 is 1.84 bits per heavy atom. The van der Waals surface area contributed by atoms with E-state index in [2.05, 4.69) is 0 Å². The summed E-state index contributed by atoms with van der Waals surface area (Å²) in [7, 11) is 0. The fraction of sp³-hybridized carbons (Fsp3) is 0.304. The van der Waals surface area contributed by atoms with Crippen molar-refractivity contribution in [2.45, 2.75) is 45.9 Å². The van der Waals surface area contributed by atoms with Crippen molar-refractivity contribution in [2.24, 2.45) is 0 Å². The van der Waals surface area contributed by atoms with E-state index in [1.165, 1.54) is 24.3 Å². The van der Waals surface area contributed by atoms with Crippen molar-refractivity contribution in [3.05, 3.63) is 63.5 Å². The van der Waals surface area contributed by atoms with Crippen LogP contribution in [0.25, 0.3) is 10.1 Å². The summed E-state index contributed by atoms with van der Waals surface area (Å²) >= 11 is 1.28. The van der Waals surface area contributed by atoms with Gasteiger partial charge in [-0.15, -0.1) is 11.3 Å². The first-order chi connectivity index (χ1) is 14.5. The normalized spacial score (nSPS) is 12.7. The van der Waals surface area contributed by atoms with Crippen molar-refractivity contribution in [1.29, 1.82) is 0 Å². The van der Waals surface area contributed by atoms with E-state index in [9.17, 15) is 22.8 Å². The first-order valence-electron chi connectivity index (χ1n) is 9.60. The zero-order chi connectivity index (χ0) is 22.9. The van der Waals surface area contributed by atoms with E-state index >= 15 is 0 Å². The number of fused-ring (bicyclic) bond motifs is 1. The number of hydrogen-bond donors (Lipinski definition) is 1. The summed E-state index contributed by atoms with van der Waals surface area (Å²) in [5.74, 6) is -0.790. The molecule has 31 heavy (non-hydrogen) atoms. The van der Waals surface area contributed by atoms with E-state index in [0.29, 0.717) is 28.0 Å². The van der Waals surface area contributed by atoms with Crippen LogP contribution in [0.15, 0.2) is 36.4 Å². The lowest BCUT2D eigenvalue weighted by Crippen LogP contribution is -2.23. The summed E-state index contributed by atoms with van der Waals surface area (Å²) in [4.78, 5) is 24.5. The molecule has 1 N–H and O–H groups in total. The maximum atomic E-state index is 13.0. The SMILES string of the molecule is Cc1cc(C(=O)CCc2sc3cc(C(F)(F)F)ccc3c2C)ccc1OC(C)C(=O)O. The third kappa shape index (κ3) is 5.07. The summed E-state index contributed by atoms with van der Waals surface area (Å²) in [5, 5.41) is 9.72. The smallest absolute Gasteiger partial charge is 0.416 e. The van der Waals surface area contributed by atoms with Crippen LogP contribution in [0.4, 0.5) is 13.2 Å². The van der Waals surface area contributed by atoms with Crippen molar-refractivity contribution in [2.75, 3.05) is 0 Å². The molecule has 1 unspecified atom stereocenters. The molecule has 4 nitrogen and oxygen atoms in total. The zero-order valence-corrected chi connectivity index (χ0v) is 18.0. The Hall–Kier alpha value is -2.87. The minimum absolute atomic E-state index is 0.103. The van der Waals surface area contributed by atoms with Gasteiger partial charge in [-0.05, 0) is 74.0 Å². The van der Waals surface area contributed by atoms with Crippen LogP contribution in [-0.2, 0) is 17.4 Å². The number of ketones is 1. The third-order valence-electron chi connectivity index (χ3n) is 5.09. The molecule has 0 saturated carbocycles. The number of aliphatic carboxylic acids is 1. The lowest BCUT2D eigenvalue weighted by atomic mass is 10.0. The third-order valence-corrected chi connectivity index (χ3v) is 6.41. The second-order valence-electron chi connectivity index (χ2n) is 7.36. The number of thiophene rings is 1. The molecule has 0 aliphatic heterocycles. The molecule has 3 aromatic rings. The van der Waals surface area contributed by atoms with E-state index in [4.69, 9.17) is 9.84 Å². The van der Waals surface area contributed by atoms with Gasteiger partial charge in [0, 0.05) is 21.6 Å². The molecule has 8 heteroatoms. The highest BCUT2D eigenvalue weighted by molar-refractivity contribution is 7.19. The lowest BCUT2D eigenvalue weighted by molar-refractivity contribution is -0.144. The molecular formula is C23H21F3O4S. The average Bonchev–Trinajstić information content (AvgIpc) is 3.02. The van der Waals surface area contributed by atoms with Crippen LogP contribution < -0.4 is 4.74 Å². The molecule has 3 rings (SSSR count). The van der Waals surface area contributed by atoms with Crippen molar-refractivity contribution in [1.82, 2.24) is 0 Å². The van der Waals surface area contributed by atoms with Gasteiger partial charge in [0.25, 0.3) is 0 Å². The van der Waals surface area contributed by atoms with Crippen LogP contribution in [0, 0.1) is 13.8 Å². The fourth-order valence-corrected chi connectivity index (χ4v) is 4.51. The standard InChI is InChI=1S/C23H21F3O4S/c1-12-10-15(4-8-19(12)30-14(3)22(28)29)18(27)7-9-20-13(2)17-6-5-16(23(24,25)26)11-21(17)31-20/h4-6,8,10-11,14H,7,9H2,1-3H3,(H,28,29). The van der Waals surface area contributed by atoms with Gasteiger partial charge in [0.15, 0.2) is 11.9 Å². The Morgan fingerprint density at radius 3 is 2.45 bits per heavy atom. The number of carboxylic acid groups (broad SMARTS) is 1. The molecule has 164 valence electrons. The van der Waals surface area contributed by atoms with Gasteiger partial charge in [0.2, 0.25) is 0 Å². The summed E-state index contributed by atoms with van der Waals surface area (Å²) in [5.41, 5.74) is 1.34. The molecule has 0 bridgehead atoms. The van der Waals surface area contributed by atoms with E-state index in [1.54, 1.807) is 25.1 Å². The van der Waals surface area contributed by atoms with Crippen molar-refractivity contribution in [3.8, 4) is 5.75 Å². The van der Waals surface area contributed by atoms with E-state index in [-0.39, 0.29) is 12.2 Å². The Kier molecular flexibility index (Phi) is 6.40. The maximum absolute atomic E-state index is 13.0. The highest BCUT2D eigenvalue weighted by Gasteiger charge is 2.30. The Bertz CT molecular complexity index is 1150. The first-order valence-corrected chi connectivity index (χ1v) is 10.4. The van der Waals surface area contributed by atoms with Crippen LogP contribution in [-0.4, -0.2) is 23.0 Å². The maximum Gasteiger partial charge on any atom is 0.416 e. The molecule has 2 aromatic carbocycles. The molecule has 0 spiro atoms. The van der Waals surface area contributed by atoms with E-state index in [1.807, 2.05) is 6.92 Å². The Morgan fingerprint density at radius 1 is 1.13 bits per heavy atom. The molecule has 0 aliphatic rings. The predicted molar refractivity (Wildman–Crippen MR) is 113 cm³/mol. The number of carbonyl (C=O) groups excluding carboxylic acids is 1. The molecule has 0 amide bonds. The van der Waals surface area contributed by atoms with Crippen LogP contribution in [0.1, 0.15) is 45.3 Å². The topological polar surface area (TPSA) is 63.6 Å². The minimum Gasteiger partial charge on any atom is -0.479 e. The van der Waals surface area contributed by atoms with Crippen LogP contribution in [0.2, 0.25) is 0 Å². The van der Waals surface area contributed by atoms with Gasteiger partial charge in [-0.25, -0.2) is 4.79 Å². The number of rotatable bonds is 7. The molecule has 0 saturated heterocycles. The number of alkyl halides is 3. The second-order valence-corrected chi connectivity index (χ2v) is 8.50. The average molecular weight is 450 g/mol. The van der Waals surface area contributed by atoms with Gasteiger partial charge in [0.05, 0.1) is 5.56 Å². The summed E-state index contributed by atoms with van der Waals surface area (Å²) in [6.45, 7) is 5.01. The molecule has 1 atom stereocenters. The number of Topliss-reactive ketones (excluding diaryl/α,β-unsaturated/α-hetero) is 1. The monoisotopic (exact) mass is 450 g/mol. The van der Waals surface area contributed by atoms with Crippen LogP contribution in [0.3, 0.4) is 0 Å². The number of hydrogen-bond acceptors (Lipinski definition) is 4. The van der Waals surface area contributed by atoms with Crippen molar-refractivity contribution in [3.63, 3.8) is 0 Å². The number of carboxylic acids is 1. The largest absolute Gasteiger partial charge is 0.479 e. The first kappa shape index (κ1) is 22.8. The summed E-state index contributed by atoms with van der Waals surface area (Å²) in [6.07, 6.45) is -4.75. The second kappa shape index (κ2) is 8.70. The van der Waals surface area contributed by atoms with Gasteiger partial charge in [-0.2, -0.15) is 13.2 Å². The Labute approximate surface area is 181 Å².